The van der Waals surface area contributed by atoms with Crippen LogP contribution in [0.4, 0.5) is 5.82 Å². The van der Waals surface area contributed by atoms with Crippen molar-refractivity contribution < 1.29 is 5.11 Å². The highest BCUT2D eigenvalue weighted by atomic mass is 16.3. The zero-order valence-corrected chi connectivity index (χ0v) is 11.6. The molecule has 3 atom stereocenters. The van der Waals surface area contributed by atoms with E-state index in [1.807, 2.05) is 6.07 Å². The number of hydrogen-bond donors (Lipinski definition) is 1. The molecule has 106 valence electrons. The Morgan fingerprint density at radius 3 is 2.70 bits per heavy atom. The van der Waals surface area contributed by atoms with Crippen molar-refractivity contribution in [2.75, 3.05) is 11.4 Å². The zero-order valence-electron chi connectivity index (χ0n) is 11.6. The van der Waals surface area contributed by atoms with Crippen LogP contribution in [0.25, 0.3) is 0 Å². The SMILES string of the molecule is N#Cc1cnc(N2CCC[C@@H]2[C@H]2CCCC[C@H]2O)cn1. The maximum Gasteiger partial charge on any atom is 0.158 e. The predicted molar refractivity (Wildman–Crippen MR) is 75.1 cm³/mol. The summed E-state index contributed by atoms with van der Waals surface area (Å²) in [4.78, 5) is 10.7. The van der Waals surface area contributed by atoms with Gasteiger partial charge in [-0.05, 0) is 25.7 Å². The standard InChI is InChI=1S/C15H20N4O/c16-8-11-9-18-15(10-17-11)19-7-3-5-13(19)12-4-1-2-6-14(12)20/h9-10,12-14,20H,1-7H2/t12-,13-,14-/m1/s1. The Morgan fingerprint density at radius 2 is 2.00 bits per heavy atom. The van der Waals surface area contributed by atoms with E-state index in [0.29, 0.717) is 17.7 Å². The summed E-state index contributed by atoms with van der Waals surface area (Å²) < 4.78 is 0. The van der Waals surface area contributed by atoms with Crippen LogP contribution in [-0.2, 0) is 0 Å². The van der Waals surface area contributed by atoms with Crippen LogP contribution in [0.2, 0.25) is 0 Å². The summed E-state index contributed by atoms with van der Waals surface area (Å²) in [5.74, 6) is 1.19. The van der Waals surface area contributed by atoms with E-state index in [1.54, 1.807) is 6.20 Å². The second-order valence-electron chi connectivity index (χ2n) is 5.79. The molecule has 3 rings (SSSR count). The second kappa shape index (κ2) is 5.76. The zero-order chi connectivity index (χ0) is 13.9. The highest BCUT2D eigenvalue weighted by molar-refractivity contribution is 5.40. The first-order chi connectivity index (χ1) is 9.79. The van der Waals surface area contributed by atoms with Gasteiger partial charge in [-0.15, -0.1) is 0 Å². The van der Waals surface area contributed by atoms with Crippen LogP contribution in [0, 0.1) is 17.2 Å². The monoisotopic (exact) mass is 272 g/mol. The minimum absolute atomic E-state index is 0.180. The Kier molecular flexibility index (Phi) is 3.83. The number of nitrogens with zero attached hydrogens (tertiary/aromatic N) is 4. The average molecular weight is 272 g/mol. The van der Waals surface area contributed by atoms with Crippen LogP contribution in [-0.4, -0.2) is 33.8 Å². The number of nitriles is 1. The summed E-state index contributed by atoms with van der Waals surface area (Å²) in [6.07, 6.45) is 9.67. The highest BCUT2D eigenvalue weighted by Gasteiger charge is 2.37. The lowest BCUT2D eigenvalue weighted by atomic mass is 9.80. The van der Waals surface area contributed by atoms with Gasteiger partial charge in [-0.1, -0.05) is 12.8 Å². The fourth-order valence-electron chi connectivity index (χ4n) is 3.64. The lowest BCUT2D eigenvalue weighted by Crippen LogP contribution is -2.43. The first-order valence-electron chi connectivity index (χ1n) is 7.46. The van der Waals surface area contributed by atoms with Crippen LogP contribution in [0.3, 0.4) is 0 Å². The minimum Gasteiger partial charge on any atom is -0.393 e. The van der Waals surface area contributed by atoms with Crippen molar-refractivity contribution in [3.8, 4) is 6.07 Å². The van der Waals surface area contributed by atoms with Crippen LogP contribution in [0.5, 0.6) is 0 Å². The molecule has 0 bridgehead atoms. The van der Waals surface area contributed by atoms with Crippen LogP contribution in [0.15, 0.2) is 12.4 Å². The van der Waals surface area contributed by atoms with E-state index in [0.717, 1.165) is 44.5 Å². The van der Waals surface area contributed by atoms with Gasteiger partial charge in [-0.3, -0.25) is 0 Å². The molecule has 2 heterocycles. The fourth-order valence-corrected chi connectivity index (χ4v) is 3.64. The number of aromatic nitrogens is 2. The van der Waals surface area contributed by atoms with Gasteiger partial charge in [-0.25, -0.2) is 9.97 Å². The average Bonchev–Trinajstić information content (AvgIpc) is 2.97. The third kappa shape index (κ3) is 2.48. The number of hydrogen-bond acceptors (Lipinski definition) is 5. The van der Waals surface area contributed by atoms with Gasteiger partial charge in [0.05, 0.1) is 18.5 Å². The summed E-state index contributed by atoms with van der Waals surface area (Å²) in [7, 11) is 0. The van der Waals surface area contributed by atoms with Crippen molar-refractivity contribution in [3.63, 3.8) is 0 Å². The molecule has 0 unspecified atom stereocenters. The van der Waals surface area contributed by atoms with Crippen molar-refractivity contribution in [1.29, 1.82) is 5.26 Å². The molecule has 1 saturated carbocycles. The molecule has 0 amide bonds. The van der Waals surface area contributed by atoms with E-state index in [1.165, 1.54) is 12.6 Å². The number of anilines is 1. The van der Waals surface area contributed by atoms with Gasteiger partial charge in [0.15, 0.2) is 5.69 Å². The van der Waals surface area contributed by atoms with E-state index < -0.39 is 0 Å². The first kappa shape index (κ1) is 13.3. The molecule has 1 aliphatic heterocycles. The molecule has 5 heteroatoms. The van der Waals surface area contributed by atoms with Gasteiger partial charge in [0, 0.05) is 18.5 Å². The molecule has 0 aromatic carbocycles. The normalized spacial score (nSPS) is 30.2. The molecule has 2 fully saturated rings. The Bertz CT molecular complexity index is 496. The van der Waals surface area contributed by atoms with E-state index >= 15 is 0 Å². The molecule has 1 aromatic heterocycles. The van der Waals surface area contributed by atoms with E-state index in [-0.39, 0.29) is 6.10 Å². The van der Waals surface area contributed by atoms with Crippen molar-refractivity contribution in [3.05, 3.63) is 18.1 Å². The topological polar surface area (TPSA) is 73.0 Å². The minimum atomic E-state index is -0.180. The molecule has 1 saturated heterocycles. The maximum atomic E-state index is 10.3. The van der Waals surface area contributed by atoms with E-state index in [4.69, 9.17) is 5.26 Å². The van der Waals surface area contributed by atoms with Gasteiger partial charge < -0.3 is 10.0 Å². The molecular formula is C15H20N4O. The van der Waals surface area contributed by atoms with E-state index in [9.17, 15) is 5.11 Å². The lowest BCUT2D eigenvalue weighted by molar-refractivity contribution is 0.0565. The smallest absolute Gasteiger partial charge is 0.158 e. The van der Waals surface area contributed by atoms with Gasteiger partial charge in [0.2, 0.25) is 0 Å². The predicted octanol–water partition coefficient (Wildman–Crippen LogP) is 1.87. The molecule has 2 aliphatic rings. The van der Waals surface area contributed by atoms with Crippen LogP contribution < -0.4 is 4.90 Å². The summed E-state index contributed by atoms with van der Waals surface area (Å²) >= 11 is 0. The maximum absolute atomic E-state index is 10.3. The van der Waals surface area contributed by atoms with Gasteiger partial charge >= 0.3 is 0 Å². The fraction of sp³-hybridized carbons (Fsp3) is 0.667. The quantitative estimate of drug-likeness (QED) is 0.889. The molecule has 0 spiro atoms. The molecule has 0 radical (unpaired) electrons. The summed E-state index contributed by atoms with van der Waals surface area (Å²) in [5.41, 5.74) is 0.349. The molecule has 20 heavy (non-hydrogen) atoms. The van der Waals surface area contributed by atoms with Crippen LogP contribution >= 0.6 is 0 Å². The van der Waals surface area contributed by atoms with Crippen LogP contribution in [0.1, 0.15) is 44.2 Å². The van der Waals surface area contributed by atoms with Crippen molar-refractivity contribution >= 4 is 5.82 Å². The molecule has 5 nitrogen and oxygen atoms in total. The lowest BCUT2D eigenvalue weighted by Gasteiger charge is -2.37. The second-order valence-corrected chi connectivity index (χ2v) is 5.79. The molecule has 1 aliphatic carbocycles. The molecule has 1 N–H and O–H groups in total. The van der Waals surface area contributed by atoms with Crippen molar-refractivity contribution in [2.24, 2.45) is 5.92 Å². The van der Waals surface area contributed by atoms with Gasteiger partial charge in [0.25, 0.3) is 0 Å². The Morgan fingerprint density at radius 1 is 1.15 bits per heavy atom. The number of aliphatic hydroxyl groups is 1. The third-order valence-corrected chi connectivity index (χ3v) is 4.62. The summed E-state index contributed by atoms with van der Waals surface area (Å²) in [6, 6.07) is 2.36. The summed E-state index contributed by atoms with van der Waals surface area (Å²) in [6.45, 7) is 0.967. The Balaban J connectivity index is 1.79. The number of rotatable bonds is 2. The third-order valence-electron chi connectivity index (χ3n) is 4.62. The Labute approximate surface area is 119 Å². The van der Waals surface area contributed by atoms with Crippen molar-refractivity contribution in [1.82, 2.24) is 9.97 Å². The Hall–Kier alpha value is -1.67. The highest BCUT2D eigenvalue weighted by Crippen LogP contribution is 2.36. The number of aliphatic hydroxyl groups excluding tert-OH is 1. The summed E-state index contributed by atoms with van der Waals surface area (Å²) in [5, 5.41) is 19.1. The first-order valence-corrected chi connectivity index (χ1v) is 7.46. The van der Waals surface area contributed by atoms with Gasteiger partial charge in [-0.2, -0.15) is 5.26 Å². The van der Waals surface area contributed by atoms with Gasteiger partial charge in [0.1, 0.15) is 11.9 Å². The van der Waals surface area contributed by atoms with Crippen molar-refractivity contribution in [2.45, 2.75) is 50.7 Å². The molecular weight excluding hydrogens is 252 g/mol. The van der Waals surface area contributed by atoms with E-state index in [2.05, 4.69) is 14.9 Å². The largest absolute Gasteiger partial charge is 0.393 e. The molecule has 1 aromatic rings.